The zero-order chi connectivity index (χ0) is 15.8. The summed E-state index contributed by atoms with van der Waals surface area (Å²) in [6.07, 6.45) is 5.33. The molecule has 0 bridgehead atoms. The monoisotopic (exact) mass is 312 g/mol. The van der Waals surface area contributed by atoms with Gasteiger partial charge in [-0.15, -0.1) is 5.10 Å². The predicted molar refractivity (Wildman–Crippen MR) is 88.1 cm³/mol. The van der Waals surface area contributed by atoms with Gasteiger partial charge in [0.1, 0.15) is 5.82 Å². The molecule has 1 saturated heterocycles. The zero-order valence-corrected chi connectivity index (χ0v) is 13.7. The van der Waals surface area contributed by atoms with Crippen LogP contribution >= 0.6 is 0 Å². The summed E-state index contributed by atoms with van der Waals surface area (Å²) in [5.74, 6) is 4.46. The molecule has 1 aliphatic heterocycles. The predicted octanol–water partition coefficient (Wildman–Crippen LogP) is 1.83. The average Bonchev–Trinajstić information content (AvgIpc) is 3.13. The molecule has 0 spiro atoms. The zero-order valence-electron chi connectivity index (χ0n) is 13.7. The van der Waals surface area contributed by atoms with Crippen molar-refractivity contribution in [3.05, 3.63) is 36.0 Å². The second kappa shape index (κ2) is 6.02. The number of hydrogen-bond acceptors (Lipinski definition) is 5. The fraction of sp³-hybridized carbons (Fsp3) is 0.588. The maximum absolute atomic E-state index is 4.90. The van der Waals surface area contributed by atoms with Gasteiger partial charge in [-0.2, -0.15) is 4.68 Å². The molecule has 2 N–H and O–H groups in total. The third-order valence-electron chi connectivity index (χ3n) is 4.62. The van der Waals surface area contributed by atoms with Crippen LogP contribution in [0.4, 0.5) is 0 Å². The molecule has 2 atom stereocenters. The number of hydrazine groups is 1. The highest BCUT2D eigenvalue weighted by atomic mass is 15.4. The van der Waals surface area contributed by atoms with Gasteiger partial charge in [-0.25, -0.2) is 9.97 Å². The molecule has 0 amide bonds. The average molecular weight is 312 g/mol. The molecule has 3 heterocycles. The quantitative estimate of drug-likeness (QED) is 0.881. The Kier molecular flexibility index (Phi) is 3.87. The molecule has 2 unspecified atom stereocenters. The first-order valence-corrected chi connectivity index (χ1v) is 8.58. The summed E-state index contributed by atoms with van der Waals surface area (Å²) in [7, 11) is 0. The van der Waals surface area contributed by atoms with Crippen molar-refractivity contribution in [3.8, 4) is 5.82 Å². The molecule has 2 aromatic heterocycles. The normalized spacial score (nSPS) is 24.5. The van der Waals surface area contributed by atoms with Crippen molar-refractivity contribution < 1.29 is 0 Å². The van der Waals surface area contributed by atoms with E-state index in [2.05, 4.69) is 29.7 Å². The van der Waals surface area contributed by atoms with E-state index >= 15 is 0 Å². The molecular formula is C17H24N6. The topological polar surface area (TPSA) is 67.7 Å². The summed E-state index contributed by atoms with van der Waals surface area (Å²) < 4.78 is 1.95. The van der Waals surface area contributed by atoms with Gasteiger partial charge in [0.25, 0.3) is 0 Å². The van der Waals surface area contributed by atoms with Gasteiger partial charge in [-0.05, 0) is 36.8 Å². The van der Waals surface area contributed by atoms with Gasteiger partial charge in [0, 0.05) is 25.2 Å². The van der Waals surface area contributed by atoms with Gasteiger partial charge >= 0.3 is 0 Å². The first kappa shape index (κ1) is 14.8. The number of pyridine rings is 1. The van der Waals surface area contributed by atoms with E-state index in [0.29, 0.717) is 17.9 Å². The Morgan fingerprint density at radius 2 is 2.17 bits per heavy atom. The molecule has 2 fully saturated rings. The third kappa shape index (κ3) is 3.01. The van der Waals surface area contributed by atoms with E-state index in [1.165, 1.54) is 12.8 Å². The van der Waals surface area contributed by atoms with E-state index in [1.807, 2.05) is 29.1 Å². The Balaban J connectivity index is 1.72. The molecule has 23 heavy (non-hydrogen) atoms. The number of nitrogens with zero attached hydrogens (tertiary/aromatic N) is 4. The minimum Gasteiger partial charge on any atom is -0.257 e. The SMILES string of the molecule is CC(C)Cc1nc(C2CNNC2C2CC2)n(-c2ccccn2)n1. The van der Waals surface area contributed by atoms with Crippen LogP contribution in [0.2, 0.25) is 0 Å². The molecule has 1 saturated carbocycles. The van der Waals surface area contributed by atoms with Crippen LogP contribution in [0.1, 0.15) is 44.3 Å². The van der Waals surface area contributed by atoms with Crippen molar-refractivity contribution in [1.29, 1.82) is 0 Å². The number of hydrogen-bond donors (Lipinski definition) is 2. The van der Waals surface area contributed by atoms with Crippen LogP contribution in [0.5, 0.6) is 0 Å². The summed E-state index contributed by atoms with van der Waals surface area (Å²) in [4.78, 5) is 9.38. The van der Waals surface area contributed by atoms with Crippen LogP contribution < -0.4 is 10.9 Å². The van der Waals surface area contributed by atoms with Crippen LogP contribution in [0, 0.1) is 11.8 Å². The van der Waals surface area contributed by atoms with Crippen molar-refractivity contribution in [2.75, 3.05) is 6.54 Å². The Morgan fingerprint density at radius 3 is 2.87 bits per heavy atom. The van der Waals surface area contributed by atoms with Crippen molar-refractivity contribution in [2.45, 2.75) is 45.1 Å². The second-order valence-electron chi connectivity index (χ2n) is 7.08. The lowest BCUT2D eigenvalue weighted by Gasteiger charge is -2.17. The molecule has 0 radical (unpaired) electrons. The molecule has 6 nitrogen and oxygen atoms in total. The second-order valence-corrected chi connectivity index (χ2v) is 7.08. The van der Waals surface area contributed by atoms with Gasteiger partial charge in [-0.1, -0.05) is 19.9 Å². The van der Waals surface area contributed by atoms with Crippen molar-refractivity contribution >= 4 is 0 Å². The van der Waals surface area contributed by atoms with Crippen molar-refractivity contribution in [1.82, 2.24) is 30.6 Å². The minimum atomic E-state index is 0.345. The Bertz CT molecular complexity index is 661. The van der Waals surface area contributed by atoms with Gasteiger partial charge < -0.3 is 0 Å². The Labute approximate surface area is 136 Å². The highest BCUT2D eigenvalue weighted by Crippen LogP contribution is 2.40. The maximum atomic E-state index is 4.90. The fourth-order valence-corrected chi connectivity index (χ4v) is 3.38. The van der Waals surface area contributed by atoms with Crippen LogP contribution in [0.25, 0.3) is 5.82 Å². The standard InChI is InChI=1S/C17H24N6/c1-11(2)9-14-20-17(13-10-19-21-16(13)12-6-7-12)23(22-14)15-5-3-4-8-18-15/h3-5,8,11-13,16,19,21H,6-7,9-10H2,1-2H3. The smallest absolute Gasteiger partial charge is 0.155 e. The Morgan fingerprint density at radius 1 is 1.30 bits per heavy atom. The largest absolute Gasteiger partial charge is 0.257 e. The third-order valence-corrected chi connectivity index (χ3v) is 4.62. The molecule has 1 aliphatic carbocycles. The fourth-order valence-electron chi connectivity index (χ4n) is 3.38. The lowest BCUT2D eigenvalue weighted by molar-refractivity contribution is 0.460. The lowest BCUT2D eigenvalue weighted by atomic mass is 9.97. The summed E-state index contributed by atoms with van der Waals surface area (Å²) in [6.45, 7) is 5.30. The highest BCUT2D eigenvalue weighted by Gasteiger charge is 2.42. The van der Waals surface area contributed by atoms with Crippen molar-refractivity contribution in [2.24, 2.45) is 11.8 Å². The van der Waals surface area contributed by atoms with Gasteiger partial charge in [0.05, 0.1) is 5.92 Å². The number of rotatable bonds is 5. The maximum Gasteiger partial charge on any atom is 0.155 e. The van der Waals surface area contributed by atoms with E-state index in [-0.39, 0.29) is 0 Å². The highest BCUT2D eigenvalue weighted by molar-refractivity contribution is 5.25. The number of aromatic nitrogens is 4. The summed E-state index contributed by atoms with van der Waals surface area (Å²) in [6, 6.07) is 6.38. The molecule has 2 aliphatic rings. The molecule has 0 aromatic carbocycles. The summed E-state index contributed by atoms with van der Waals surface area (Å²) in [5, 5.41) is 4.77. The van der Waals surface area contributed by atoms with E-state index in [4.69, 9.17) is 10.1 Å². The van der Waals surface area contributed by atoms with E-state index < -0.39 is 0 Å². The molecule has 2 aromatic rings. The van der Waals surface area contributed by atoms with Gasteiger partial charge in [0.15, 0.2) is 11.6 Å². The van der Waals surface area contributed by atoms with Gasteiger partial charge in [0.2, 0.25) is 0 Å². The van der Waals surface area contributed by atoms with Crippen LogP contribution in [-0.2, 0) is 6.42 Å². The van der Waals surface area contributed by atoms with Crippen molar-refractivity contribution in [3.63, 3.8) is 0 Å². The molecular weight excluding hydrogens is 288 g/mol. The van der Waals surface area contributed by atoms with Gasteiger partial charge in [-0.3, -0.25) is 10.9 Å². The van der Waals surface area contributed by atoms with Crippen LogP contribution in [0.15, 0.2) is 24.4 Å². The van der Waals surface area contributed by atoms with E-state index in [9.17, 15) is 0 Å². The molecule has 4 rings (SSSR count). The lowest BCUT2D eigenvalue weighted by Crippen LogP contribution is -2.33. The summed E-state index contributed by atoms with van der Waals surface area (Å²) >= 11 is 0. The summed E-state index contributed by atoms with van der Waals surface area (Å²) in [5.41, 5.74) is 6.76. The Hall–Kier alpha value is -1.79. The first-order valence-electron chi connectivity index (χ1n) is 8.58. The first-order chi connectivity index (χ1) is 11.2. The van der Waals surface area contributed by atoms with E-state index in [0.717, 1.165) is 36.4 Å². The van der Waals surface area contributed by atoms with Crippen LogP contribution in [0.3, 0.4) is 0 Å². The van der Waals surface area contributed by atoms with Crippen LogP contribution in [-0.4, -0.2) is 32.3 Å². The molecule has 6 heteroatoms. The molecule has 122 valence electrons. The van der Waals surface area contributed by atoms with E-state index in [1.54, 1.807) is 0 Å². The minimum absolute atomic E-state index is 0.345. The number of nitrogens with one attached hydrogen (secondary N) is 2.